The van der Waals surface area contributed by atoms with E-state index in [1.165, 1.54) is 44.6 Å². The number of fused-ring (bicyclic) bond motifs is 1. The lowest BCUT2D eigenvalue weighted by molar-refractivity contribution is 0.243. The summed E-state index contributed by atoms with van der Waals surface area (Å²) in [5.41, 5.74) is 1.32. The van der Waals surface area contributed by atoms with Gasteiger partial charge >= 0.3 is 0 Å². The van der Waals surface area contributed by atoms with Crippen LogP contribution in [0.2, 0.25) is 0 Å². The van der Waals surface area contributed by atoms with Crippen molar-refractivity contribution >= 4 is 5.69 Å². The maximum absolute atomic E-state index is 13.6. The van der Waals surface area contributed by atoms with Gasteiger partial charge in [-0.15, -0.1) is 0 Å². The third-order valence-corrected chi connectivity index (χ3v) is 4.59. The average Bonchev–Trinajstić information content (AvgIpc) is 2.46. The third kappa shape index (κ3) is 2.45. The molecule has 3 heteroatoms. The second-order valence-corrected chi connectivity index (χ2v) is 5.76. The largest absolute Gasteiger partial charge is 0.368 e. The van der Waals surface area contributed by atoms with E-state index in [2.05, 4.69) is 11.0 Å². The maximum atomic E-state index is 13.6. The molecule has 2 atom stereocenters. The summed E-state index contributed by atoms with van der Waals surface area (Å²) in [5, 5.41) is 8.98. The van der Waals surface area contributed by atoms with E-state index < -0.39 is 0 Å². The summed E-state index contributed by atoms with van der Waals surface area (Å²) in [6.07, 6.45) is 7.62. The Balaban J connectivity index is 1.91. The Kier molecular flexibility index (Phi) is 3.42. The summed E-state index contributed by atoms with van der Waals surface area (Å²) in [6.45, 7) is 0.996. The molecule has 1 saturated heterocycles. The number of nitrogens with zero attached hydrogens (tertiary/aromatic N) is 2. The molecule has 0 amide bonds. The van der Waals surface area contributed by atoms with Crippen LogP contribution >= 0.6 is 0 Å². The van der Waals surface area contributed by atoms with Gasteiger partial charge < -0.3 is 4.90 Å². The second-order valence-electron chi connectivity index (χ2n) is 5.76. The molecule has 0 N–H and O–H groups in total. The number of hydrogen-bond acceptors (Lipinski definition) is 2. The van der Waals surface area contributed by atoms with E-state index in [-0.39, 0.29) is 5.82 Å². The zero-order valence-corrected chi connectivity index (χ0v) is 11.1. The third-order valence-electron chi connectivity index (χ3n) is 4.59. The summed E-state index contributed by atoms with van der Waals surface area (Å²) in [6, 6.07) is 7.33. The van der Waals surface area contributed by atoms with E-state index in [1.807, 2.05) is 6.07 Å². The molecule has 100 valence electrons. The molecule has 2 aliphatic rings. The molecule has 3 rings (SSSR count). The molecule has 0 radical (unpaired) electrons. The van der Waals surface area contributed by atoms with Crippen molar-refractivity contribution in [2.24, 2.45) is 5.92 Å². The number of piperidine rings is 1. The molecule has 19 heavy (non-hydrogen) atoms. The SMILES string of the molecule is N#Cc1cc(F)cc(N2CCCC3CCCCC32)c1. The smallest absolute Gasteiger partial charge is 0.126 e. The summed E-state index contributed by atoms with van der Waals surface area (Å²) < 4.78 is 13.6. The minimum Gasteiger partial charge on any atom is -0.368 e. The number of rotatable bonds is 1. The van der Waals surface area contributed by atoms with Crippen molar-refractivity contribution in [2.75, 3.05) is 11.4 Å². The van der Waals surface area contributed by atoms with Gasteiger partial charge in [-0.3, -0.25) is 0 Å². The van der Waals surface area contributed by atoms with Crippen LogP contribution in [0.4, 0.5) is 10.1 Å². The Bertz CT molecular complexity index is 504. The molecule has 1 saturated carbocycles. The van der Waals surface area contributed by atoms with Gasteiger partial charge in [-0.2, -0.15) is 5.26 Å². The van der Waals surface area contributed by atoms with Crippen LogP contribution in [0.1, 0.15) is 44.1 Å². The Morgan fingerprint density at radius 2 is 1.89 bits per heavy atom. The molecule has 1 aromatic rings. The lowest BCUT2D eigenvalue weighted by atomic mass is 9.78. The van der Waals surface area contributed by atoms with E-state index in [0.29, 0.717) is 11.6 Å². The minimum atomic E-state index is -0.299. The lowest BCUT2D eigenvalue weighted by Gasteiger charge is -2.45. The van der Waals surface area contributed by atoms with Gasteiger partial charge in [-0.05, 0) is 49.8 Å². The van der Waals surface area contributed by atoms with Crippen LogP contribution in [0.3, 0.4) is 0 Å². The van der Waals surface area contributed by atoms with Crippen molar-refractivity contribution in [1.29, 1.82) is 5.26 Å². The minimum absolute atomic E-state index is 0.299. The van der Waals surface area contributed by atoms with Gasteiger partial charge in [0.25, 0.3) is 0 Å². The molecule has 0 aromatic heterocycles. The normalized spacial score (nSPS) is 26.6. The fourth-order valence-electron chi connectivity index (χ4n) is 3.75. The first-order valence-corrected chi connectivity index (χ1v) is 7.25. The van der Waals surface area contributed by atoms with Gasteiger partial charge in [-0.25, -0.2) is 4.39 Å². The van der Waals surface area contributed by atoms with E-state index in [0.717, 1.165) is 18.2 Å². The van der Waals surface area contributed by atoms with Crippen molar-refractivity contribution in [2.45, 2.75) is 44.6 Å². The molecule has 1 aromatic carbocycles. The highest BCUT2D eigenvalue weighted by Gasteiger charge is 2.33. The quantitative estimate of drug-likeness (QED) is 0.765. The van der Waals surface area contributed by atoms with Gasteiger partial charge in [0.2, 0.25) is 0 Å². The summed E-state index contributed by atoms with van der Waals surface area (Å²) in [4.78, 5) is 2.34. The Labute approximate surface area is 113 Å². The van der Waals surface area contributed by atoms with Gasteiger partial charge in [0.15, 0.2) is 0 Å². The summed E-state index contributed by atoms with van der Waals surface area (Å²) in [7, 11) is 0. The molecular weight excluding hydrogens is 239 g/mol. The molecule has 2 unspecified atom stereocenters. The highest BCUT2D eigenvalue weighted by Crippen LogP contribution is 2.38. The Morgan fingerprint density at radius 1 is 1.11 bits per heavy atom. The van der Waals surface area contributed by atoms with Gasteiger partial charge in [0.05, 0.1) is 11.6 Å². The van der Waals surface area contributed by atoms with Crippen LogP contribution in [-0.4, -0.2) is 12.6 Å². The van der Waals surface area contributed by atoms with E-state index in [9.17, 15) is 4.39 Å². The Morgan fingerprint density at radius 3 is 2.74 bits per heavy atom. The number of hydrogen-bond donors (Lipinski definition) is 0. The van der Waals surface area contributed by atoms with Gasteiger partial charge in [0.1, 0.15) is 5.82 Å². The molecular formula is C16H19FN2. The first kappa shape index (κ1) is 12.5. The average molecular weight is 258 g/mol. The van der Waals surface area contributed by atoms with Crippen molar-refractivity contribution in [3.63, 3.8) is 0 Å². The van der Waals surface area contributed by atoms with Crippen LogP contribution < -0.4 is 4.90 Å². The zero-order chi connectivity index (χ0) is 13.2. The van der Waals surface area contributed by atoms with E-state index >= 15 is 0 Å². The summed E-state index contributed by atoms with van der Waals surface area (Å²) in [5.74, 6) is 0.461. The van der Waals surface area contributed by atoms with Crippen LogP contribution in [0, 0.1) is 23.1 Å². The standard InChI is InChI=1S/C16H19FN2/c17-14-8-12(11-18)9-15(10-14)19-7-3-5-13-4-1-2-6-16(13)19/h8-10,13,16H,1-7H2. The van der Waals surface area contributed by atoms with Gasteiger partial charge in [0, 0.05) is 18.3 Å². The fraction of sp³-hybridized carbons (Fsp3) is 0.562. The summed E-state index contributed by atoms with van der Waals surface area (Å²) >= 11 is 0. The van der Waals surface area contributed by atoms with Crippen molar-refractivity contribution in [1.82, 2.24) is 0 Å². The van der Waals surface area contributed by atoms with Crippen molar-refractivity contribution < 1.29 is 4.39 Å². The van der Waals surface area contributed by atoms with E-state index in [1.54, 1.807) is 6.07 Å². The van der Waals surface area contributed by atoms with E-state index in [4.69, 9.17) is 5.26 Å². The van der Waals surface area contributed by atoms with Gasteiger partial charge in [-0.1, -0.05) is 12.8 Å². The number of nitriles is 1. The van der Waals surface area contributed by atoms with Crippen LogP contribution in [0.15, 0.2) is 18.2 Å². The monoisotopic (exact) mass is 258 g/mol. The molecule has 0 spiro atoms. The van der Waals surface area contributed by atoms with Crippen molar-refractivity contribution in [3.05, 3.63) is 29.6 Å². The van der Waals surface area contributed by atoms with Crippen LogP contribution in [-0.2, 0) is 0 Å². The molecule has 0 bridgehead atoms. The topological polar surface area (TPSA) is 27.0 Å². The van der Waals surface area contributed by atoms with Crippen LogP contribution in [0.5, 0.6) is 0 Å². The number of anilines is 1. The zero-order valence-electron chi connectivity index (χ0n) is 11.1. The first-order chi connectivity index (χ1) is 9.28. The molecule has 2 nitrogen and oxygen atoms in total. The molecule has 1 aliphatic heterocycles. The Hall–Kier alpha value is -1.56. The number of benzene rings is 1. The highest BCUT2D eigenvalue weighted by atomic mass is 19.1. The first-order valence-electron chi connectivity index (χ1n) is 7.25. The predicted octanol–water partition coefficient (Wildman–Crippen LogP) is 3.86. The fourth-order valence-corrected chi connectivity index (χ4v) is 3.75. The number of halogens is 1. The maximum Gasteiger partial charge on any atom is 0.126 e. The predicted molar refractivity (Wildman–Crippen MR) is 73.4 cm³/mol. The second kappa shape index (κ2) is 5.21. The molecule has 1 aliphatic carbocycles. The van der Waals surface area contributed by atoms with Crippen molar-refractivity contribution in [3.8, 4) is 6.07 Å². The van der Waals surface area contributed by atoms with Crippen LogP contribution in [0.25, 0.3) is 0 Å². The molecule has 1 heterocycles. The highest BCUT2D eigenvalue weighted by molar-refractivity contribution is 5.53. The lowest BCUT2D eigenvalue weighted by Crippen LogP contribution is -2.47. The molecule has 2 fully saturated rings.